The summed E-state index contributed by atoms with van der Waals surface area (Å²) in [7, 11) is 0. The zero-order valence-electron chi connectivity index (χ0n) is 8.97. The molecule has 3 N–H and O–H groups in total. The van der Waals surface area contributed by atoms with Gasteiger partial charge in [-0.25, -0.2) is 0 Å². The van der Waals surface area contributed by atoms with Crippen molar-refractivity contribution < 1.29 is 18.3 Å². The van der Waals surface area contributed by atoms with Gasteiger partial charge in [-0.05, 0) is 36.6 Å². The SMILES string of the molecule is N[C@H](CCCO)c1cc(C(F)(F)F)ccc1Br. The second-order valence-electron chi connectivity index (χ2n) is 3.71. The first-order chi connectivity index (χ1) is 7.86. The number of aliphatic hydroxyl groups excluding tert-OH is 1. The van der Waals surface area contributed by atoms with E-state index in [4.69, 9.17) is 10.8 Å². The molecule has 1 atom stereocenters. The number of aliphatic hydroxyl groups is 1. The summed E-state index contributed by atoms with van der Waals surface area (Å²) in [6, 6.07) is 2.88. The zero-order valence-corrected chi connectivity index (χ0v) is 10.6. The Balaban J connectivity index is 2.98. The van der Waals surface area contributed by atoms with Crippen LogP contribution in [0.2, 0.25) is 0 Å². The number of hydrogen-bond acceptors (Lipinski definition) is 2. The predicted octanol–water partition coefficient (Wildman–Crippen LogP) is 3.24. The molecule has 1 aromatic carbocycles. The van der Waals surface area contributed by atoms with E-state index in [1.165, 1.54) is 6.07 Å². The van der Waals surface area contributed by atoms with Gasteiger partial charge in [-0.1, -0.05) is 15.9 Å². The minimum atomic E-state index is -4.37. The quantitative estimate of drug-likeness (QED) is 0.896. The molecule has 0 fully saturated rings. The van der Waals surface area contributed by atoms with Crippen molar-refractivity contribution in [2.75, 3.05) is 6.61 Å². The molecule has 0 radical (unpaired) electrons. The van der Waals surface area contributed by atoms with Crippen LogP contribution in [-0.4, -0.2) is 11.7 Å². The molecule has 0 aliphatic carbocycles. The molecule has 0 unspecified atom stereocenters. The topological polar surface area (TPSA) is 46.2 Å². The van der Waals surface area contributed by atoms with Crippen molar-refractivity contribution >= 4 is 15.9 Å². The molecule has 96 valence electrons. The molecular formula is C11H13BrF3NO. The van der Waals surface area contributed by atoms with Gasteiger partial charge in [0.15, 0.2) is 0 Å². The Morgan fingerprint density at radius 1 is 1.35 bits per heavy atom. The van der Waals surface area contributed by atoms with E-state index in [0.29, 0.717) is 22.9 Å². The van der Waals surface area contributed by atoms with E-state index in [2.05, 4.69) is 15.9 Å². The molecule has 0 saturated heterocycles. The first kappa shape index (κ1) is 14.5. The van der Waals surface area contributed by atoms with Crippen LogP contribution in [0.5, 0.6) is 0 Å². The van der Waals surface area contributed by atoms with E-state index in [0.717, 1.165) is 12.1 Å². The van der Waals surface area contributed by atoms with Crippen molar-refractivity contribution in [2.45, 2.75) is 25.1 Å². The van der Waals surface area contributed by atoms with Crippen molar-refractivity contribution in [1.29, 1.82) is 0 Å². The molecule has 0 bridgehead atoms. The van der Waals surface area contributed by atoms with Crippen molar-refractivity contribution in [3.05, 3.63) is 33.8 Å². The number of nitrogens with two attached hydrogens (primary N) is 1. The molecule has 17 heavy (non-hydrogen) atoms. The zero-order chi connectivity index (χ0) is 13.1. The standard InChI is InChI=1S/C11H13BrF3NO/c12-9-4-3-7(11(13,14)15)6-8(9)10(16)2-1-5-17/h3-4,6,10,17H,1-2,5,16H2/t10-/m1/s1. The van der Waals surface area contributed by atoms with E-state index < -0.39 is 17.8 Å². The van der Waals surface area contributed by atoms with Crippen molar-refractivity contribution in [3.8, 4) is 0 Å². The average Bonchev–Trinajstić information content (AvgIpc) is 2.24. The van der Waals surface area contributed by atoms with Crippen LogP contribution in [-0.2, 0) is 6.18 Å². The van der Waals surface area contributed by atoms with Crippen LogP contribution in [0.3, 0.4) is 0 Å². The maximum atomic E-state index is 12.5. The number of hydrogen-bond donors (Lipinski definition) is 2. The third kappa shape index (κ3) is 3.97. The molecule has 0 aliphatic rings. The molecular weight excluding hydrogens is 299 g/mol. The first-order valence-corrected chi connectivity index (χ1v) is 5.88. The highest BCUT2D eigenvalue weighted by Crippen LogP contribution is 2.34. The summed E-state index contributed by atoms with van der Waals surface area (Å²) in [5, 5.41) is 8.67. The number of benzene rings is 1. The molecule has 1 rings (SSSR count). The Morgan fingerprint density at radius 2 is 2.00 bits per heavy atom. The van der Waals surface area contributed by atoms with E-state index in [1.807, 2.05) is 0 Å². The van der Waals surface area contributed by atoms with Gasteiger partial charge in [0.1, 0.15) is 0 Å². The summed E-state index contributed by atoms with van der Waals surface area (Å²) in [5.41, 5.74) is 5.48. The number of halogens is 4. The summed E-state index contributed by atoms with van der Waals surface area (Å²) in [6.07, 6.45) is -3.47. The van der Waals surface area contributed by atoms with Crippen molar-refractivity contribution in [3.63, 3.8) is 0 Å². The summed E-state index contributed by atoms with van der Waals surface area (Å²) < 4.78 is 38.1. The Kier molecular flexibility index (Phi) is 4.97. The second-order valence-corrected chi connectivity index (χ2v) is 4.56. The molecule has 1 aromatic rings. The molecule has 0 spiro atoms. The van der Waals surface area contributed by atoms with Gasteiger partial charge in [-0.3, -0.25) is 0 Å². The average molecular weight is 312 g/mol. The Morgan fingerprint density at radius 3 is 2.53 bits per heavy atom. The van der Waals surface area contributed by atoms with E-state index >= 15 is 0 Å². The van der Waals surface area contributed by atoms with Gasteiger partial charge < -0.3 is 10.8 Å². The second kappa shape index (κ2) is 5.84. The van der Waals surface area contributed by atoms with E-state index in [1.54, 1.807) is 0 Å². The molecule has 0 saturated carbocycles. The third-order valence-electron chi connectivity index (χ3n) is 2.40. The van der Waals surface area contributed by atoms with Gasteiger partial charge in [0, 0.05) is 17.1 Å². The van der Waals surface area contributed by atoms with Gasteiger partial charge in [-0.15, -0.1) is 0 Å². The molecule has 6 heteroatoms. The van der Waals surface area contributed by atoms with Crippen LogP contribution >= 0.6 is 15.9 Å². The monoisotopic (exact) mass is 311 g/mol. The van der Waals surface area contributed by atoms with E-state index in [9.17, 15) is 13.2 Å². The lowest BCUT2D eigenvalue weighted by Gasteiger charge is -2.16. The van der Waals surface area contributed by atoms with Crippen LogP contribution in [0.15, 0.2) is 22.7 Å². The van der Waals surface area contributed by atoms with Crippen LogP contribution in [0.25, 0.3) is 0 Å². The summed E-state index contributed by atoms with van der Waals surface area (Å²) in [4.78, 5) is 0. The van der Waals surface area contributed by atoms with Crippen LogP contribution in [0.4, 0.5) is 13.2 Å². The summed E-state index contributed by atoms with van der Waals surface area (Å²) in [5.74, 6) is 0. The fourth-order valence-electron chi connectivity index (χ4n) is 1.47. The fraction of sp³-hybridized carbons (Fsp3) is 0.455. The Bertz CT molecular complexity index is 381. The summed E-state index contributed by atoms with van der Waals surface area (Å²) in [6.45, 7) is -0.0235. The maximum absolute atomic E-state index is 12.5. The Hall–Kier alpha value is -0.590. The Labute approximate surface area is 106 Å². The minimum Gasteiger partial charge on any atom is -0.396 e. The summed E-state index contributed by atoms with van der Waals surface area (Å²) >= 11 is 3.18. The number of rotatable bonds is 4. The van der Waals surface area contributed by atoms with Gasteiger partial charge >= 0.3 is 6.18 Å². The molecule has 2 nitrogen and oxygen atoms in total. The lowest BCUT2D eigenvalue weighted by molar-refractivity contribution is -0.137. The van der Waals surface area contributed by atoms with Gasteiger partial charge in [0.25, 0.3) is 0 Å². The minimum absolute atomic E-state index is 0.0235. The van der Waals surface area contributed by atoms with Gasteiger partial charge in [0.05, 0.1) is 5.56 Å². The van der Waals surface area contributed by atoms with Crippen LogP contribution < -0.4 is 5.73 Å². The normalized spacial score (nSPS) is 13.8. The largest absolute Gasteiger partial charge is 0.416 e. The van der Waals surface area contributed by atoms with Crippen LogP contribution in [0, 0.1) is 0 Å². The van der Waals surface area contributed by atoms with Gasteiger partial charge in [0.2, 0.25) is 0 Å². The highest BCUT2D eigenvalue weighted by molar-refractivity contribution is 9.10. The lowest BCUT2D eigenvalue weighted by atomic mass is 10.0. The van der Waals surface area contributed by atoms with Gasteiger partial charge in [-0.2, -0.15) is 13.2 Å². The fourth-order valence-corrected chi connectivity index (χ4v) is 2.01. The molecule has 0 heterocycles. The molecule has 0 aromatic heterocycles. The molecule has 0 amide bonds. The maximum Gasteiger partial charge on any atom is 0.416 e. The lowest BCUT2D eigenvalue weighted by Crippen LogP contribution is -2.13. The predicted molar refractivity (Wildman–Crippen MR) is 62.4 cm³/mol. The molecule has 0 aliphatic heterocycles. The first-order valence-electron chi connectivity index (χ1n) is 5.09. The van der Waals surface area contributed by atoms with Crippen LogP contribution in [0.1, 0.15) is 30.0 Å². The van der Waals surface area contributed by atoms with Crippen molar-refractivity contribution in [1.82, 2.24) is 0 Å². The smallest absolute Gasteiger partial charge is 0.396 e. The number of alkyl halides is 3. The van der Waals surface area contributed by atoms with Crippen molar-refractivity contribution in [2.24, 2.45) is 5.73 Å². The highest BCUT2D eigenvalue weighted by atomic mass is 79.9. The van der Waals surface area contributed by atoms with E-state index in [-0.39, 0.29) is 6.61 Å². The third-order valence-corrected chi connectivity index (χ3v) is 3.12. The highest BCUT2D eigenvalue weighted by Gasteiger charge is 2.31.